The van der Waals surface area contributed by atoms with Gasteiger partial charge in [-0.1, -0.05) is 0 Å². The third-order valence-corrected chi connectivity index (χ3v) is 3.70. The summed E-state index contributed by atoms with van der Waals surface area (Å²) in [6.07, 6.45) is 5.41. The minimum atomic E-state index is -0.474. The number of piperidine rings is 1. The van der Waals surface area contributed by atoms with Crippen molar-refractivity contribution in [2.45, 2.75) is 39.7 Å². The monoisotopic (exact) mass is 362 g/mol. The summed E-state index contributed by atoms with van der Waals surface area (Å²) in [7, 11) is 1.52. The molecule has 8 nitrogen and oxygen atoms in total. The average Bonchev–Trinajstić information content (AvgIpc) is 2.63. The summed E-state index contributed by atoms with van der Waals surface area (Å²) in [5.41, 5.74) is -0.0113. The van der Waals surface area contributed by atoms with E-state index in [0.717, 1.165) is 19.3 Å². The van der Waals surface area contributed by atoms with E-state index < -0.39 is 5.41 Å². The van der Waals surface area contributed by atoms with Crippen molar-refractivity contribution in [1.82, 2.24) is 15.4 Å². The second kappa shape index (κ2) is 10.4. The van der Waals surface area contributed by atoms with E-state index in [1.54, 1.807) is 17.3 Å². The van der Waals surface area contributed by atoms with Crippen LogP contribution in [0.2, 0.25) is 0 Å². The zero-order valence-electron chi connectivity index (χ0n) is 15.7. The van der Waals surface area contributed by atoms with Crippen LogP contribution in [-0.4, -0.2) is 48.7 Å². The van der Waals surface area contributed by atoms with Gasteiger partial charge in [-0.2, -0.15) is 5.26 Å². The molecule has 1 fully saturated rings. The van der Waals surface area contributed by atoms with Crippen molar-refractivity contribution in [3.05, 3.63) is 24.0 Å². The van der Waals surface area contributed by atoms with Crippen molar-refractivity contribution in [3.63, 3.8) is 0 Å². The molecule has 1 aliphatic heterocycles. The number of nitrogens with zero attached hydrogens (tertiary/aromatic N) is 3. The molecule has 0 atom stereocenters. The predicted octanol–water partition coefficient (Wildman–Crippen LogP) is 1.66. The predicted molar refractivity (Wildman–Crippen MR) is 94.8 cm³/mol. The van der Waals surface area contributed by atoms with Crippen LogP contribution in [0.25, 0.3) is 0 Å². The number of aromatic nitrogens is 1. The molecule has 1 aromatic heterocycles. The molecule has 2 heterocycles. The minimum Gasteiger partial charge on any atom is -0.495 e. The third-order valence-electron chi connectivity index (χ3n) is 3.70. The summed E-state index contributed by atoms with van der Waals surface area (Å²) < 4.78 is 4.87. The fourth-order valence-corrected chi connectivity index (χ4v) is 2.11. The Morgan fingerprint density at radius 1 is 1.42 bits per heavy atom. The molecule has 8 heteroatoms. The first-order chi connectivity index (χ1) is 12.3. The van der Waals surface area contributed by atoms with E-state index in [-0.39, 0.29) is 12.0 Å². The van der Waals surface area contributed by atoms with Crippen molar-refractivity contribution in [1.29, 1.82) is 5.26 Å². The number of hydroxylamine groups is 2. The SMILES string of the molecule is CC(C)(C)C(=O)ON1CCC(NC=O)CC1.COc1ccncc1C#N. The van der Waals surface area contributed by atoms with Crippen LogP contribution >= 0.6 is 0 Å². The van der Waals surface area contributed by atoms with E-state index in [2.05, 4.69) is 10.3 Å². The molecule has 0 bridgehead atoms. The van der Waals surface area contributed by atoms with Crippen molar-refractivity contribution in [2.75, 3.05) is 20.2 Å². The number of nitrogens with one attached hydrogen (secondary N) is 1. The molecule has 2 rings (SSSR count). The molecule has 0 spiro atoms. The van der Waals surface area contributed by atoms with Gasteiger partial charge in [-0.3, -0.25) is 9.78 Å². The van der Waals surface area contributed by atoms with Gasteiger partial charge in [-0.05, 0) is 39.7 Å². The number of hydrogen-bond donors (Lipinski definition) is 1. The van der Waals surface area contributed by atoms with Crippen molar-refractivity contribution >= 4 is 12.4 Å². The molecule has 1 amide bonds. The molecule has 0 aliphatic carbocycles. The minimum absolute atomic E-state index is 0.210. The summed E-state index contributed by atoms with van der Waals surface area (Å²) in [5.74, 6) is 0.354. The molecule has 142 valence electrons. The standard InChI is InChI=1S/C11H20N2O3.C7H6N2O/c1-11(2,3)10(15)16-13-6-4-9(5-7-13)12-8-14;1-10-7-2-3-9-5-6(7)4-8/h8-9H,4-7H2,1-3H3,(H,12,14);2-3,5H,1H3. The maximum atomic E-state index is 11.6. The van der Waals surface area contributed by atoms with Gasteiger partial charge in [-0.15, -0.1) is 5.06 Å². The summed E-state index contributed by atoms with van der Waals surface area (Å²) in [6.45, 7) is 6.84. The third kappa shape index (κ3) is 7.07. The van der Waals surface area contributed by atoms with Crippen LogP contribution < -0.4 is 10.1 Å². The Kier molecular flexibility index (Phi) is 8.52. The molecule has 0 radical (unpaired) electrons. The fourth-order valence-electron chi connectivity index (χ4n) is 2.11. The number of pyridine rings is 1. The highest BCUT2D eigenvalue weighted by Gasteiger charge is 2.28. The van der Waals surface area contributed by atoms with Gasteiger partial charge in [0, 0.05) is 31.5 Å². The second-order valence-electron chi connectivity index (χ2n) is 6.80. The molecule has 1 N–H and O–H groups in total. The lowest BCUT2D eigenvalue weighted by molar-refractivity contribution is -0.204. The smallest absolute Gasteiger partial charge is 0.330 e. The van der Waals surface area contributed by atoms with E-state index in [0.29, 0.717) is 24.4 Å². The highest BCUT2D eigenvalue weighted by molar-refractivity contribution is 5.75. The maximum absolute atomic E-state index is 11.6. The van der Waals surface area contributed by atoms with Crippen LogP contribution in [-0.2, 0) is 14.4 Å². The molecule has 1 aromatic rings. The lowest BCUT2D eigenvalue weighted by Crippen LogP contribution is -2.44. The van der Waals surface area contributed by atoms with Gasteiger partial charge in [0.15, 0.2) is 0 Å². The Morgan fingerprint density at radius 2 is 2.08 bits per heavy atom. The number of amides is 1. The Bertz CT molecular complexity index is 629. The van der Waals surface area contributed by atoms with Gasteiger partial charge in [0.05, 0.1) is 12.5 Å². The summed E-state index contributed by atoms with van der Waals surface area (Å²) >= 11 is 0. The molecular weight excluding hydrogens is 336 g/mol. The van der Waals surface area contributed by atoms with Crippen LogP contribution in [0.4, 0.5) is 0 Å². The van der Waals surface area contributed by atoms with E-state index in [4.69, 9.17) is 14.8 Å². The number of carbonyl (C=O) groups is 2. The van der Waals surface area contributed by atoms with Crippen LogP contribution in [0.5, 0.6) is 5.75 Å². The highest BCUT2D eigenvalue weighted by Crippen LogP contribution is 2.18. The summed E-state index contributed by atoms with van der Waals surface area (Å²) in [4.78, 5) is 30.9. The van der Waals surface area contributed by atoms with Crippen molar-refractivity contribution in [2.24, 2.45) is 5.41 Å². The summed E-state index contributed by atoms with van der Waals surface area (Å²) in [6, 6.07) is 3.82. The van der Waals surface area contributed by atoms with Gasteiger partial charge in [0.25, 0.3) is 0 Å². The Hall–Kier alpha value is -2.66. The zero-order chi connectivity index (χ0) is 19.6. The quantitative estimate of drug-likeness (QED) is 0.812. The second-order valence-corrected chi connectivity index (χ2v) is 6.80. The Labute approximate surface area is 154 Å². The van der Waals surface area contributed by atoms with Gasteiger partial charge < -0.3 is 14.9 Å². The molecular formula is C18H26N4O4. The first-order valence-electron chi connectivity index (χ1n) is 8.37. The zero-order valence-corrected chi connectivity index (χ0v) is 15.7. The van der Waals surface area contributed by atoms with E-state index >= 15 is 0 Å². The Morgan fingerprint density at radius 3 is 2.54 bits per heavy atom. The van der Waals surface area contributed by atoms with Gasteiger partial charge in [0.1, 0.15) is 17.4 Å². The number of methoxy groups -OCH3 is 1. The molecule has 0 aromatic carbocycles. The largest absolute Gasteiger partial charge is 0.495 e. The number of carbonyl (C=O) groups excluding carboxylic acids is 2. The number of rotatable bonds is 4. The highest BCUT2D eigenvalue weighted by atomic mass is 16.7. The normalized spacial score (nSPS) is 15.0. The van der Waals surface area contributed by atoms with E-state index in [1.807, 2.05) is 26.8 Å². The number of nitriles is 1. The van der Waals surface area contributed by atoms with E-state index in [1.165, 1.54) is 13.3 Å². The fraction of sp³-hybridized carbons (Fsp3) is 0.556. The van der Waals surface area contributed by atoms with Crippen LogP contribution in [0.1, 0.15) is 39.2 Å². The first kappa shape index (κ1) is 21.4. The van der Waals surface area contributed by atoms with Gasteiger partial charge in [0.2, 0.25) is 6.41 Å². The van der Waals surface area contributed by atoms with Gasteiger partial charge in [-0.25, -0.2) is 4.79 Å². The topological polar surface area (TPSA) is 105 Å². The molecule has 0 saturated carbocycles. The molecule has 1 aliphatic rings. The summed E-state index contributed by atoms with van der Waals surface area (Å²) in [5, 5.41) is 12.9. The van der Waals surface area contributed by atoms with Crippen molar-refractivity contribution in [3.8, 4) is 11.8 Å². The van der Waals surface area contributed by atoms with Crippen LogP contribution in [0.15, 0.2) is 18.5 Å². The molecule has 26 heavy (non-hydrogen) atoms. The lowest BCUT2D eigenvalue weighted by Gasteiger charge is -2.31. The molecule has 0 unspecified atom stereocenters. The Balaban J connectivity index is 0.000000289. The van der Waals surface area contributed by atoms with Gasteiger partial charge >= 0.3 is 5.97 Å². The number of hydrogen-bond acceptors (Lipinski definition) is 7. The van der Waals surface area contributed by atoms with Crippen LogP contribution in [0.3, 0.4) is 0 Å². The van der Waals surface area contributed by atoms with Crippen molar-refractivity contribution < 1.29 is 19.2 Å². The maximum Gasteiger partial charge on any atom is 0.330 e. The average molecular weight is 362 g/mol. The number of ether oxygens (including phenoxy) is 1. The first-order valence-corrected chi connectivity index (χ1v) is 8.37. The molecule has 1 saturated heterocycles. The lowest BCUT2D eigenvalue weighted by atomic mass is 9.98. The van der Waals surface area contributed by atoms with Crippen LogP contribution in [0, 0.1) is 16.7 Å². The van der Waals surface area contributed by atoms with E-state index in [9.17, 15) is 9.59 Å².